The van der Waals surface area contributed by atoms with E-state index in [2.05, 4.69) is 46.2 Å². The lowest BCUT2D eigenvalue weighted by atomic mass is 9.88. The number of benzene rings is 1. The summed E-state index contributed by atoms with van der Waals surface area (Å²) in [6.07, 6.45) is 5.92. The van der Waals surface area contributed by atoms with Crippen molar-refractivity contribution in [3.8, 4) is 0 Å². The topological polar surface area (TPSA) is 45.0 Å². The summed E-state index contributed by atoms with van der Waals surface area (Å²) in [7, 11) is 2.06. The molecule has 0 radical (unpaired) electrons. The molecule has 1 aliphatic carbocycles. The Morgan fingerprint density at radius 1 is 1.25 bits per heavy atom. The fourth-order valence-corrected chi connectivity index (χ4v) is 3.29. The molecule has 0 atom stereocenters. The van der Waals surface area contributed by atoms with Gasteiger partial charge in [-0.2, -0.15) is 4.99 Å². The van der Waals surface area contributed by atoms with E-state index < -0.39 is 0 Å². The van der Waals surface area contributed by atoms with Crippen molar-refractivity contribution in [2.75, 3.05) is 20.1 Å². The van der Waals surface area contributed by atoms with Gasteiger partial charge < -0.3 is 4.90 Å². The van der Waals surface area contributed by atoms with Gasteiger partial charge in [-0.05, 0) is 18.4 Å². The van der Waals surface area contributed by atoms with Crippen molar-refractivity contribution < 1.29 is 4.79 Å². The zero-order valence-electron chi connectivity index (χ0n) is 11.8. The van der Waals surface area contributed by atoms with Crippen molar-refractivity contribution in [3.05, 3.63) is 35.4 Å². The van der Waals surface area contributed by atoms with Gasteiger partial charge in [-0.3, -0.25) is 4.99 Å². The Hall–Kier alpha value is -1.93. The second kappa shape index (κ2) is 5.22. The van der Waals surface area contributed by atoms with Gasteiger partial charge in [0.1, 0.15) is 5.84 Å². The van der Waals surface area contributed by atoms with Crippen LogP contribution in [-0.2, 0) is 10.3 Å². The van der Waals surface area contributed by atoms with Crippen molar-refractivity contribution in [1.29, 1.82) is 0 Å². The number of isocyanates is 1. The summed E-state index contributed by atoms with van der Waals surface area (Å²) >= 11 is 0. The maximum Gasteiger partial charge on any atom is 0.235 e. The molecule has 0 unspecified atom stereocenters. The summed E-state index contributed by atoms with van der Waals surface area (Å²) < 4.78 is 0. The van der Waals surface area contributed by atoms with Crippen LogP contribution in [0.3, 0.4) is 0 Å². The molecule has 3 rings (SSSR count). The summed E-state index contributed by atoms with van der Waals surface area (Å²) in [6, 6.07) is 8.37. The summed E-state index contributed by atoms with van der Waals surface area (Å²) in [6.45, 7) is 1.85. The Morgan fingerprint density at radius 3 is 2.50 bits per heavy atom. The Labute approximate surface area is 119 Å². The van der Waals surface area contributed by atoms with Gasteiger partial charge in [0, 0.05) is 19.2 Å². The number of amidine groups is 1. The standard InChI is InChI=1S/C16H19N3O/c1-19-11-10-17-15(19)13-4-6-14(7-5-13)16(18-12-20)8-2-3-9-16/h4-7H,2-3,8-11H2,1H3. The SMILES string of the molecule is CN1CCN=C1c1ccc(C2(N=C=O)CCCC2)cc1. The van der Waals surface area contributed by atoms with Crippen molar-refractivity contribution in [2.24, 2.45) is 9.98 Å². The molecule has 4 heteroatoms. The van der Waals surface area contributed by atoms with E-state index in [0.29, 0.717) is 0 Å². The molecule has 0 saturated heterocycles. The molecule has 1 saturated carbocycles. The summed E-state index contributed by atoms with van der Waals surface area (Å²) in [5, 5.41) is 0. The van der Waals surface area contributed by atoms with Crippen LogP contribution in [0.4, 0.5) is 0 Å². The molecule has 4 nitrogen and oxygen atoms in total. The van der Waals surface area contributed by atoms with Gasteiger partial charge in [-0.1, -0.05) is 37.1 Å². The molecule has 1 heterocycles. The molecule has 0 N–H and O–H groups in total. The van der Waals surface area contributed by atoms with E-state index in [0.717, 1.165) is 55.7 Å². The van der Waals surface area contributed by atoms with Crippen LogP contribution in [0.1, 0.15) is 36.8 Å². The number of nitrogens with zero attached hydrogens (tertiary/aromatic N) is 3. The molecule has 0 aromatic heterocycles. The van der Waals surface area contributed by atoms with Gasteiger partial charge in [0.25, 0.3) is 0 Å². The number of rotatable bonds is 3. The van der Waals surface area contributed by atoms with Gasteiger partial charge in [0.15, 0.2) is 0 Å². The third-order valence-corrected chi connectivity index (χ3v) is 4.43. The lowest BCUT2D eigenvalue weighted by Gasteiger charge is -2.23. The zero-order chi connectivity index (χ0) is 14.0. The van der Waals surface area contributed by atoms with E-state index in [1.165, 1.54) is 0 Å². The molecule has 1 aliphatic heterocycles. The summed E-state index contributed by atoms with van der Waals surface area (Å²) in [5.74, 6) is 1.05. The van der Waals surface area contributed by atoms with Crippen LogP contribution < -0.4 is 0 Å². The first kappa shape index (κ1) is 13.1. The smallest absolute Gasteiger partial charge is 0.235 e. The second-order valence-corrected chi connectivity index (χ2v) is 5.65. The van der Waals surface area contributed by atoms with Gasteiger partial charge >= 0.3 is 0 Å². The van der Waals surface area contributed by atoms with Crippen molar-refractivity contribution in [2.45, 2.75) is 31.2 Å². The predicted octanol–water partition coefficient (Wildman–Crippen LogP) is 2.48. The van der Waals surface area contributed by atoms with Gasteiger partial charge in [0.2, 0.25) is 6.08 Å². The number of hydrogen-bond donors (Lipinski definition) is 0. The van der Waals surface area contributed by atoms with E-state index in [-0.39, 0.29) is 5.54 Å². The van der Waals surface area contributed by atoms with E-state index in [1.807, 2.05) is 0 Å². The van der Waals surface area contributed by atoms with Crippen LogP contribution in [0.5, 0.6) is 0 Å². The van der Waals surface area contributed by atoms with E-state index in [4.69, 9.17) is 0 Å². The molecule has 0 amide bonds. The van der Waals surface area contributed by atoms with Crippen molar-refractivity contribution in [1.82, 2.24) is 4.90 Å². The number of carbonyl (C=O) groups excluding carboxylic acids is 1. The van der Waals surface area contributed by atoms with Crippen molar-refractivity contribution in [3.63, 3.8) is 0 Å². The molecule has 1 fully saturated rings. The monoisotopic (exact) mass is 269 g/mol. The Kier molecular flexibility index (Phi) is 3.41. The first-order chi connectivity index (χ1) is 9.75. The van der Waals surface area contributed by atoms with E-state index >= 15 is 0 Å². The minimum atomic E-state index is -0.330. The third-order valence-electron chi connectivity index (χ3n) is 4.43. The second-order valence-electron chi connectivity index (χ2n) is 5.65. The highest BCUT2D eigenvalue weighted by Crippen LogP contribution is 2.42. The fourth-order valence-electron chi connectivity index (χ4n) is 3.29. The number of aliphatic imine (C=N–C) groups is 2. The molecule has 1 aromatic carbocycles. The van der Waals surface area contributed by atoms with Crippen molar-refractivity contribution >= 4 is 11.9 Å². The first-order valence-electron chi connectivity index (χ1n) is 7.21. The van der Waals surface area contributed by atoms with Crippen LogP contribution in [0.2, 0.25) is 0 Å². The van der Waals surface area contributed by atoms with Gasteiger partial charge in [-0.25, -0.2) is 4.79 Å². The Bertz CT molecular complexity index is 564. The zero-order valence-corrected chi connectivity index (χ0v) is 11.8. The lowest BCUT2D eigenvalue weighted by Crippen LogP contribution is -2.24. The molecule has 0 bridgehead atoms. The Balaban J connectivity index is 1.91. The average Bonchev–Trinajstić information content (AvgIpc) is 3.09. The molecule has 2 aliphatic rings. The molecule has 104 valence electrons. The third kappa shape index (κ3) is 2.16. The van der Waals surface area contributed by atoms with E-state index in [9.17, 15) is 4.79 Å². The maximum atomic E-state index is 10.7. The average molecular weight is 269 g/mol. The maximum absolute atomic E-state index is 10.7. The summed E-state index contributed by atoms with van der Waals surface area (Å²) in [4.78, 5) is 21.6. The molecule has 0 spiro atoms. The molecular weight excluding hydrogens is 250 g/mol. The van der Waals surface area contributed by atoms with Crippen LogP contribution in [-0.4, -0.2) is 37.0 Å². The largest absolute Gasteiger partial charge is 0.358 e. The fraction of sp³-hybridized carbons (Fsp3) is 0.500. The highest BCUT2D eigenvalue weighted by atomic mass is 16.1. The van der Waals surface area contributed by atoms with Gasteiger partial charge in [-0.15, -0.1) is 0 Å². The predicted molar refractivity (Wildman–Crippen MR) is 78.7 cm³/mol. The normalized spacial score (nSPS) is 20.6. The van der Waals surface area contributed by atoms with Crippen LogP contribution in [0.25, 0.3) is 0 Å². The minimum absolute atomic E-state index is 0.330. The quantitative estimate of drug-likeness (QED) is 0.625. The van der Waals surface area contributed by atoms with Crippen LogP contribution in [0, 0.1) is 0 Å². The number of likely N-dealkylation sites (N-methyl/N-ethyl adjacent to an activating group) is 1. The highest BCUT2D eigenvalue weighted by molar-refractivity contribution is 5.99. The molecular formula is C16H19N3O. The summed E-state index contributed by atoms with van der Waals surface area (Å²) in [5.41, 5.74) is 1.93. The van der Waals surface area contributed by atoms with Crippen LogP contribution in [0.15, 0.2) is 34.3 Å². The lowest BCUT2D eigenvalue weighted by molar-refractivity contribution is 0.456. The van der Waals surface area contributed by atoms with E-state index in [1.54, 1.807) is 6.08 Å². The first-order valence-corrected chi connectivity index (χ1v) is 7.21. The highest BCUT2D eigenvalue weighted by Gasteiger charge is 2.35. The molecule has 20 heavy (non-hydrogen) atoms. The Morgan fingerprint density at radius 2 is 1.95 bits per heavy atom. The molecule has 1 aromatic rings. The number of hydrogen-bond acceptors (Lipinski definition) is 4. The minimum Gasteiger partial charge on any atom is -0.358 e. The van der Waals surface area contributed by atoms with Gasteiger partial charge in [0.05, 0.1) is 12.1 Å². The van der Waals surface area contributed by atoms with Crippen LogP contribution >= 0.6 is 0 Å².